The highest BCUT2D eigenvalue weighted by Crippen LogP contribution is 2.66. The van der Waals surface area contributed by atoms with E-state index in [2.05, 4.69) is 70.6 Å². The van der Waals surface area contributed by atoms with E-state index in [4.69, 9.17) is 0 Å². The molecular weight excluding hydrogens is 463 g/mol. The van der Waals surface area contributed by atoms with Crippen molar-refractivity contribution < 1.29 is 34.8 Å². The lowest BCUT2D eigenvalue weighted by Gasteiger charge is -2.53. The van der Waals surface area contributed by atoms with E-state index in [1.54, 1.807) is 0 Å². The molecule has 4 aromatic rings. The van der Waals surface area contributed by atoms with Crippen LogP contribution in [0.4, 0.5) is 0 Å². The predicted octanol–water partition coefficient (Wildman–Crippen LogP) is -1.49. The maximum atomic E-state index is 9.26. The summed E-state index contributed by atoms with van der Waals surface area (Å²) in [6, 6.07) is 29.1. The van der Waals surface area contributed by atoms with E-state index in [9.17, 15) is 10.5 Å². The third kappa shape index (κ3) is 4.52. The Morgan fingerprint density at radius 2 is 0.706 bits per heavy atom. The van der Waals surface area contributed by atoms with Crippen LogP contribution in [0, 0.1) is 22.7 Å². The molecule has 2 aromatic heterocycles. The molecule has 1 aliphatic rings. The van der Waals surface area contributed by atoms with Crippen LogP contribution in [-0.2, 0) is 0 Å². The van der Waals surface area contributed by atoms with Crippen molar-refractivity contribution in [1.29, 1.82) is 10.5 Å². The Labute approximate surface area is 211 Å². The van der Waals surface area contributed by atoms with Crippen molar-refractivity contribution in [2.75, 3.05) is 0 Å². The number of pyridine rings is 2. The van der Waals surface area contributed by atoms with Crippen LogP contribution in [0.2, 0.25) is 0 Å². The third-order valence-corrected chi connectivity index (χ3v) is 6.65. The maximum absolute atomic E-state index is 9.26. The zero-order valence-corrected chi connectivity index (χ0v) is 19.7. The van der Waals surface area contributed by atoms with Gasteiger partial charge in [-0.2, -0.15) is 10.5 Å². The van der Waals surface area contributed by atoms with Gasteiger partial charge in [0.25, 0.3) is 0 Å². The van der Waals surface area contributed by atoms with E-state index in [1.807, 2.05) is 49.1 Å². The van der Waals surface area contributed by atoms with Gasteiger partial charge in [0.05, 0.1) is 23.3 Å². The lowest BCUT2D eigenvalue weighted by Crippen LogP contribution is -3.00. The lowest BCUT2D eigenvalue weighted by atomic mass is 9.49. The normalized spacial score (nSPS) is 20.4. The number of rotatable bonds is 4. The molecule has 2 unspecified atom stereocenters. The average molecular weight is 485 g/mol. The second kappa shape index (κ2) is 10.9. The molecule has 0 amide bonds. The van der Waals surface area contributed by atoms with Gasteiger partial charge in [0.2, 0.25) is 0 Å². The zero-order chi connectivity index (χ0) is 21.9. The van der Waals surface area contributed by atoms with E-state index in [0.29, 0.717) is 23.0 Å². The molecule has 1 aliphatic carbocycles. The summed E-state index contributed by atoms with van der Waals surface area (Å²) < 4.78 is 0. The van der Waals surface area contributed by atoms with Crippen LogP contribution in [0.5, 0.6) is 0 Å². The van der Waals surface area contributed by atoms with Crippen LogP contribution < -0.4 is 34.8 Å². The summed E-state index contributed by atoms with van der Waals surface area (Å²) in [7, 11) is 0. The quantitative estimate of drug-likeness (QED) is 0.354. The van der Waals surface area contributed by atoms with E-state index < -0.39 is 0 Å². The van der Waals surface area contributed by atoms with Gasteiger partial charge in [0.1, 0.15) is 0 Å². The van der Waals surface area contributed by atoms with Crippen molar-refractivity contribution in [1.82, 2.24) is 0 Å². The Kier molecular flexibility index (Phi) is 8.03. The summed E-state index contributed by atoms with van der Waals surface area (Å²) in [6.07, 6.45) is 7.93. The first-order valence-corrected chi connectivity index (χ1v) is 10.7. The molecule has 1 fully saturated rings. The number of aromatic amines is 2. The monoisotopic (exact) mass is 484 g/mol. The fourth-order valence-corrected chi connectivity index (χ4v) is 5.21. The highest BCUT2D eigenvalue weighted by atomic mass is 35.5. The fraction of sp³-hybridized carbons (Fsp3) is 0.143. The van der Waals surface area contributed by atoms with Crippen molar-refractivity contribution in [2.24, 2.45) is 0 Å². The minimum absolute atomic E-state index is 0. The zero-order valence-electron chi connectivity index (χ0n) is 18.2. The van der Waals surface area contributed by atoms with Crippen LogP contribution in [0.3, 0.4) is 0 Å². The number of H-pyrrole nitrogens is 2. The largest absolute Gasteiger partial charge is 1.00 e. The molecule has 0 spiro atoms. The molecule has 4 nitrogen and oxygen atoms in total. The average Bonchev–Trinajstić information content (AvgIpc) is 2.86. The fourth-order valence-electron chi connectivity index (χ4n) is 5.21. The summed E-state index contributed by atoms with van der Waals surface area (Å²) in [5, 5.41) is 18.5. The summed E-state index contributed by atoms with van der Waals surface area (Å²) >= 11 is 0. The first-order chi connectivity index (χ1) is 15.8. The molecule has 0 radical (unpaired) electrons. The minimum Gasteiger partial charge on any atom is -1.00 e. The number of nitriles is 2. The van der Waals surface area contributed by atoms with Crippen molar-refractivity contribution in [3.8, 4) is 12.1 Å². The standard InChI is InChI=1S/C28H20N4.2ClH/c29-17-19-1-5-21(6-2-19)25-26(22-7-3-20(18-30)4-8-22)28(24-11-15-32-16-12-24)27(25)23-9-13-31-14-10-23;;/h1-16,25-28H;2*1H/t25-,26?,27?,28+;;/m0../s1. The van der Waals surface area contributed by atoms with Gasteiger partial charge in [-0.15, -0.1) is 0 Å². The van der Waals surface area contributed by atoms with Gasteiger partial charge in [0, 0.05) is 24.3 Å². The second-order valence-corrected chi connectivity index (χ2v) is 8.24. The highest BCUT2D eigenvalue weighted by Gasteiger charge is 2.52. The van der Waals surface area contributed by atoms with Gasteiger partial charge in [-0.05, 0) is 70.2 Å². The number of nitrogens with zero attached hydrogens (tertiary/aromatic N) is 2. The Balaban J connectivity index is 0.00000162. The Morgan fingerprint density at radius 3 is 0.971 bits per heavy atom. The predicted molar refractivity (Wildman–Crippen MR) is 119 cm³/mol. The van der Waals surface area contributed by atoms with Crippen molar-refractivity contribution in [2.45, 2.75) is 23.7 Å². The molecule has 5 rings (SSSR count). The summed E-state index contributed by atoms with van der Waals surface area (Å²) in [5.41, 5.74) is 6.39. The molecule has 4 atom stereocenters. The van der Waals surface area contributed by atoms with Gasteiger partial charge in [-0.25, -0.2) is 9.97 Å². The molecule has 6 heteroatoms. The number of halogens is 2. The van der Waals surface area contributed by atoms with Gasteiger partial charge in [-0.1, -0.05) is 24.3 Å². The van der Waals surface area contributed by atoms with Crippen LogP contribution in [0.1, 0.15) is 57.1 Å². The first-order valence-electron chi connectivity index (χ1n) is 10.7. The lowest BCUT2D eigenvalue weighted by molar-refractivity contribution is -0.378. The Morgan fingerprint density at radius 1 is 0.441 bits per heavy atom. The Hall–Kier alpha value is -3.70. The van der Waals surface area contributed by atoms with Crippen LogP contribution in [0.25, 0.3) is 0 Å². The van der Waals surface area contributed by atoms with Crippen molar-refractivity contribution >= 4 is 0 Å². The minimum atomic E-state index is 0. The molecule has 34 heavy (non-hydrogen) atoms. The van der Waals surface area contributed by atoms with E-state index >= 15 is 0 Å². The molecule has 168 valence electrons. The smallest absolute Gasteiger partial charge is 0.167 e. The number of nitrogens with one attached hydrogen (secondary N) is 2. The van der Waals surface area contributed by atoms with Gasteiger partial charge >= 0.3 is 0 Å². The topological polar surface area (TPSA) is 75.9 Å². The van der Waals surface area contributed by atoms with Gasteiger partial charge in [-0.3, -0.25) is 0 Å². The number of aromatic nitrogens is 2. The summed E-state index contributed by atoms with van der Waals surface area (Å²) in [4.78, 5) is 6.29. The molecule has 0 saturated heterocycles. The number of benzene rings is 2. The summed E-state index contributed by atoms with van der Waals surface area (Å²) in [6.45, 7) is 0. The molecule has 0 aliphatic heterocycles. The highest BCUT2D eigenvalue weighted by molar-refractivity contribution is 5.49. The molecule has 2 aromatic carbocycles. The van der Waals surface area contributed by atoms with E-state index in [1.165, 1.54) is 22.3 Å². The van der Waals surface area contributed by atoms with Crippen LogP contribution >= 0.6 is 0 Å². The van der Waals surface area contributed by atoms with Gasteiger partial charge < -0.3 is 24.8 Å². The molecule has 1 saturated carbocycles. The van der Waals surface area contributed by atoms with E-state index in [0.717, 1.165) is 0 Å². The summed E-state index contributed by atoms with van der Waals surface area (Å²) in [5.74, 6) is 1.10. The van der Waals surface area contributed by atoms with E-state index in [-0.39, 0.29) is 36.6 Å². The second-order valence-electron chi connectivity index (χ2n) is 8.24. The SMILES string of the molecule is N#Cc1ccc(C2[C@@H](c3cc[nH+]cc3)C(c3cc[nH+]cc3)[C@H]2c2ccc(C#N)cc2)cc1.[Cl-].[Cl-]. The number of hydrogen-bond acceptors (Lipinski definition) is 2. The van der Waals surface area contributed by atoms with Crippen LogP contribution in [0.15, 0.2) is 97.6 Å². The Bertz CT molecular complexity index is 1190. The van der Waals surface area contributed by atoms with Gasteiger partial charge in [0.15, 0.2) is 24.8 Å². The van der Waals surface area contributed by atoms with Crippen molar-refractivity contribution in [3.05, 3.63) is 131 Å². The van der Waals surface area contributed by atoms with Crippen LogP contribution in [-0.4, -0.2) is 0 Å². The maximum Gasteiger partial charge on any atom is 0.167 e. The molecule has 2 heterocycles. The van der Waals surface area contributed by atoms with Crippen molar-refractivity contribution in [3.63, 3.8) is 0 Å². The molecule has 2 N–H and O–H groups in total. The number of hydrogen-bond donors (Lipinski definition) is 0. The molecular formula is C28H22Cl2N4. The third-order valence-electron chi connectivity index (χ3n) is 6.65. The first kappa shape index (κ1) is 24.9. The molecule has 0 bridgehead atoms.